The molecule has 0 saturated carbocycles. The van der Waals surface area contributed by atoms with Crippen molar-refractivity contribution in [2.24, 2.45) is 0 Å². The molecule has 0 bridgehead atoms. The summed E-state index contributed by atoms with van der Waals surface area (Å²) >= 11 is 2.92. The summed E-state index contributed by atoms with van der Waals surface area (Å²) in [6, 6.07) is 2.11. The maximum absolute atomic E-state index is 13.0. The van der Waals surface area contributed by atoms with E-state index in [1.54, 1.807) is 0 Å². The van der Waals surface area contributed by atoms with E-state index in [0.717, 1.165) is 6.07 Å². The third-order valence-electron chi connectivity index (χ3n) is 2.22. The van der Waals surface area contributed by atoms with Crippen molar-refractivity contribution in [1.82, 2.24) is 5.32 Å². The molecule has 98 valence electrons. The fraction of sp³-hybridized carbons (Fsp3) is 0.273. The first kappa shape index (κ1) is 14.6. The van der Waals surface area contributed by atoms with Gasteiger partial charge >= 0.3 is 5.97 Å². The molecule has 0 heterocycles. The quantitative estimate of drug-likeness (QED) is 0.777. The Morgan fingerprint density at radius 1 is 1.44 bits per heavy atom. The molecule has 3 N–H and O–H groups in total. The highest BCUT2D eigenvalue weighted by Crippen LogP contribution is 2.16. The summed E-state index contributed by atoms with van der Waals surface area (Å²) in [5.41, 5.74) is 0.0928. The summed E-state index contributed by atoms with van der Waals surface area (Å²) in [5, 5.41) is 20.2. The number of benzene rings is 1. The number of nitrogens with one attached hydrogen (secondary N) is 1. The molecule has 5 nitrogen and oxygen atoms in total. The lowest BCUT2D eigenvalue weighted by atomic mass is 10.1. The van der Waals surface area contributed by atoms with Crippen LogP contribution in [0.2, 0.25) is 0 Å². The molecule has 0 aliphatic rings. The first-order valence-electron chi connectivity index (χ1n) is 4.99. The largest absolute Gasteiger partial charge is 0.480 e. The second-order valence-electron chi connectivity index (χ2n) is 3.66. The Kier molecular flexibility index (Phi) is 4.80. The third-order valence-corrected chi connectivity index (χ3v) is 2.82. The van der Waals surface area contributed by atoms with Gasteiger partial charge in [-0.25, -0.2) is 9.18 Å². The molecule has 7 heteroatoms. The zero-order chi connectivity index (χ0) is 13.9. The SMILES string of the molecule is C[C@@H](O)[C@H](NC(=O)c1ccc(F)c(Br)c1)C(=O)O. The van der Waals surface area contributed by atoms with Crippen LogP contribution in [0.4, 0.5) is 4.39 Å². The molecule has 0 saturated heterocycles. The van der Waals surface area contributed by atoms with Gasteiger partial charge < -0.3 is 15.5 Å². The molecule has 0 unspecified atom stereocenters. The summed E-state index contributed by atoms with van der Waals surface area (Å²) in [7, 11) is 0. The van der Waals surface area contributed by atoms with E-state index in [0.29, 0.717) is 0 Å². The fourth-order valence-corrected chi connectivity index (χ4v) is 1.63. The van der Waals surface area contributed by atoms with Gasteiger partial charge in [-0.05, 0) is 41.1 Å². The number of carbonyl (C=O) groups is 2. The van der Waals surface area contributed by atoms with Crippen LogP contribution in [0.25, 0.3) is 0 Å². The molecule has 0 radical (unpaired) electrons. The Labute approximate surface area is 111 Å². The summed E-state index contributed by atoms with van der Waals surface area (Å²) in [6.45, 7) is 1.25. The number of amides is 1. The number of hydrogen-bond donors (Lipinski definition) is 3. The van der Waals surface area contributed by atoms with Gasteiger partial charge in [0.2, 0.25) is 0 Å². The molecular formula is C11H11BrFNO4. The summed E-state index contributed by atoms with van der Waals surface area (Å²) < 4.78 is 13.1. The van der Waals surface area contributed by atoms with Crippen molar-refractivity contribution in [2.45, 2.75) is 19.1 Å². The van der Waals surface area contributed by atoms with Gasteiger partial charge in [0.25, 0.3) is 5.91 Å². The van der Waals surface area contributed by atoms with Crippen molar-refractivity contribution in [2.75, 3.05) is 0 Å². The van der Waals surface area contributed by atoms with Crippen LogP contribution in [0.1, 0.15) is 17.3 Å². The topological polar surface area (TPSA) is 86.6 Å². The summed E-state index contributed by atoms with van der Waals surface area (Å²) in [6.07, 6.45) is -1.24. The highest BCUT2D eigenvalue weighted by molar-refractivity contribution is 9.10. The van der Waals surface area contributed by atoms with Gasteiger partial charge in [0, 0.05) is 5.56 Å². The molecule has 0 spiro atoms. The molecule has 0 aliphatic carbocycles. The molecule has 2 atom stereocenters. The number of carboxylic acid groups (broad SMARTS) is 1. The number of aliphatic carboxylic acids is 1. The van der Waals surface area contributed by atoms with Crippen molar-refractivity contribution in [3.63, 3.8) is 0 Å². The molecule has 0 aromatic heterocycles. The van der Waals surface area contributed by atoms with Gasteiger partial charge in [-0.1, -0.05) is 0 Å². The zero-order valence-corrected chi connectivity index (χ0v) is 10.9. The van der Waals surface area contributed by atoms with E-state index in [1.165, 1.54) is 19.1 Å². The Balaban J connectivity index is 2.87. The number of hydrogen-bond acceptors (Lipinski definition) is 3. The third kappa shape index (κ3) is 3.51. The lowest BCUT2D eigenvalue weighted by Crippen LogP contribution is -2.47. The minimum absolute atomic E-state index is 0.0928. The summed E-state index contributed by atoms with van der Waals surface area (Å²) in [5.74, 6) is -2.58. The number of aliphatic hydroxyl groups is 1. The second-order valence-corrected chi connectivity index (χ2v) is 4.51. The lowest BCUT2D eigenvalue weighted by molar-refractivity contribution is -0.141. The predicted molar refractivity (Wildman–Crippen MR) is 64.7 cm³/mol. The monoisotopic (exact) mass is 319 g/mol. The fourth-order valence-electron chi connectivity index (χ4n) is 1.25. The van der Waals surface area contributed by atoms with Crippen LogP contribution in [-0.2, 0) is 4.79 Å². The highest BCUT2D eigenvalue weighted by Gasteiger charge is 2.25. The molecule has 0 aliphatic heterocycles. The average molecular weight is 320 g/mol. The van der Waals surface area contributed by atoms with Crippen LogP contribution in [0.15, 0.2) is 22.7 Å². The van der Waals surface area contributed by atoms with Crippen molar-refractivity contribution < 1.29 is 24.2 Å². The van der Waals surface area contributed by atoms with Crippen molar-refractivity contribution in [3.05, 3.63) is 34.1 Å². The Hall–Kier alpha value is -1.47. The van der Waals surface area contributed by atoms with E-state index in [1.807, 2.05) is 0 Å². The van der Waals surface area contributed by atoms with Gasteiger partial charge in [0.15, 0.2) is 6.04 Å². The molecule has 1 rings (SSSR count). The zero-order valence-electron chi connectivity index (χ0n) is 9.35. The van der Waals surface area contributed by atoms with Gasteiger partial charge in [-0.3, -0.25) is 4.79 Å². The standard InChI is InChI=1S/C11H11BrFNO4/c1-5(15)9(11(17)18)14-10(16)6-2-3-8(13)7(12)4-6/h2-5,9,15H,1H3,(H,14,16)(H,17,18)/t5-,9+/m1/s1. The Morgan fingerprint density at radius 3 is 2.50 bits per heavy atom. The predicted octanol–water partition coefficient (Wildman–Crippen LogP) is 1.15. The first-order valence-corrected chi connectivity index (χ1v) is 5.79. The van der Waals surface area contributed by atoms with Gasteiger partial charge in [-0.2, -0.15) is 0 Å². The van der Waals surface area contributed by atoms with Crippen LogP contribution < -0.4 is 5.32 Å². The maximum Gasteiger partial charge on any atom is 0.328 e. The Morgan fingerprint density at radius 2 is 2.06 bits per heavy atom. The van der Waals surface area contributed by atoms with Crippen LogP contribution in [-0.4, -0.2) is 34.2 Å². The minimum atomic E-state index is -1.42. The van der Waals surface area contributed by atoms with E-state index in [2.05, 4.69) is 21.2 Å². The number of rotatable bonds is 4. The van der Waals surface area contributed by atoms with Gasteiger partial charge in [0.1, 0.15) is 5.82 Å². The highest BCUT2D eigenvalue weighted by atomic mass is 79.9. The number of carbonyl (C=O) groups excluding carboxylic acids is 1. The van der Waals surface area contributed by atoms with Crippen molar-refractivity contribution in [3.8, 4) is 0 Å². The van der Waals surface area contributed by atoms with E-state index in [9.17, 15) is 19.1 Å². The summed E-state index contributed by atoms with van der Waals surface area (Å²) in [4.78, 5) is 22.5. The Bertz CT molecular complexity index is 478. The number of carboxylic acids is 1. The number of halogens is 2. The molecule has 1 aromatic rings. The van der Waals surface area contributed by atoms with Crippen molar-refractivity contribution in [1.29, 1.82) is 0 Å². The van der Waals surface area contributed by atoms with Crippen LogP contribution in [0.5, 0.6) is 0 Å². The average Bonchev–Trinajstić information content (AvgIpc) is 2.28. The maximum atomic E-state index is 13.0. The van der Waals surface area contributed by atoms with Gasteiger partial charge in [0.05, 0.1) is 10.6 Å². The molecule has 1 aromatic carbocycles. The smallest absolute Gasteiger partial charge is 0.328 e. The lowest BCUT2D eigenvalue weighted by Gasteiger charge is -2.17. The molecule has 18 heavy (non-hydrogen) atoms. The van der Waals surface area contributed by atoms with Crippen LogP contribution in [0, 0.1) is 5.82 Å². The molecule has 0 fully saturated rings. The first-order chi connectivity index (χ1) is 8.32. The minimum Gasteiger partial charge on any atom is -0.480 e. The van der Waals surface area contributed by atoms with Crippen molar-refractivity contribution >= 4 is 27.8 Å². The number of aliphatic hydroxyl groups excluding tert-OH is 1. The van der Waals surface area contributed by atoms with Crippen LogP contribution >= 0.6 is 15.9 Å². The molecular weight excluding hydrogens is 309 g/mol. The van der Waals surface area contributed by atoms with E-state index >= 15 is 0 Å². The second kappa shape index (κ2) is 5.92. The molecule has 1 amide bonds. The van der Waals surface area contributed by atoms with Gasteiger partial charge in [-0.15, -0.1) is 0 Å². The van der Waals surface area contributed by atoms with E-state index in [-0.39, 0.29) is 10.0 Å². The van der Waals surface area contributed by atoms with E-state index < -0.39 is 29.8 Å². The van der Waals surface area contributed by atoms with E-state index in [4.69, 9.17) is 5.11 Å². The van der Waals surface area contributed by atoms with Crippen LogP contribution in [0.3, 0.4) is 0 Å². The normalized spacial score (nSPS) is 13.8.